The van der Waals surface area contributed by atoms with Gasteiger partial charge in [-0.3, -0.25) is 20.2 Å². The van der Waals surface area contributed by atoms with Crippen LogP contribution in [0, 0.1) is 17.0 Å². The van der Waals surface area contributed by atoms with Crippen LogP contribution in [0.15, 0.2) is 42.5 Å². The number of aryl methyl sites for hydroxylation is 1. The van der Waals surface area contributed by atoms with Crippen LogP contribution in [-0.2, 0) is 0 Å². The second kappa shape index (κ2) is 9.04. The molecule has 0 bridgehead atoms. The van der Waals surface area contributed by atoms with Crippen molar-refractivity contribution >= 4 is 33.8 Å². The predicted molar refractivity (Wildman–Crippen MR) is 114 cm³/mol. The van der Waals surface area contributed by atoms with Gasteiger partial charge in [0, 0.05) is 36.2 Å². The average Bonchev–Trinajstić information content (AvgIpc) is 3.07. The molecule has 3 aromatic rings. The molecule has 0 aliphatic carbocycles. The van der Waals surface area contributed by atoms with E-state index in [2.05, 4.69) is 15.0 Å². The first kappa shape index (κ1) is 22.1. The molecule has 1 heterocycles. The molecular weight excluding hydrogens is 430 g/mol. The van der Waals surface area contributed by atoms with Gasteiger partial charge in [0.25, 0.3) is 11.6 Å². The highest BCUT2D eigenvalue weighted by Gasteiger charge is 2.20. The van der Waals surface area contributed by atoms with E-state index in [9.17, 15) is 23.7 Å². The molecule has 0 atom stereocenters. The summed E-state index contributed by atoms with van der Waals surface area (Å²) in [7, 11) is 3.35. The summed E-state index contributed by atoms with van der Waals surface area (Å²) in [5, 5.41) is 14.3. The van der Waals surface area contributed by atoms with Crippen LogP contribution in [0.1, 0.15) is 15.2 Å². The maximum absolute atomic E-state index is 12.6. The molecule has 3 rings (SSSR count). The van der Waals surface area contributed by atoms with Gasteiger partial charge in [0.1, 0.15) is 11.4 Å². The minimum absolute atomic E-state index is 0.0305. The summed E-state index contributed by atoms with van der Waals surface area (Å²) in [6.07, 6.45) is 0. The summed E-state index contributed by atoms with van der Waals surface area (Å²) in [6, 6.07) is 10.2. The number of thiazole rings is 1. The van der Waals surface area contributed by atoms with E-state index in [-0.39, 0.29) is 17.0 Å². The van der Waals surface area contributed by atoms with Crippen LogP contribution in [0.5, 0.6) is 5.75 Å². The summed E-state index contributed by atoms with van der Waals surface area (Å²) >= 11 is 1.23. The van der Waals surface area contributed by atoms with E-state index in [0.29, 0.717) is 22.1 Å². The smallest absolute Gasteiger partial charge is 0.387 e. The second-order valence-electron chi connectivity index (χ2n) is 6.64. The number of nitro groups is 1. The van der Waals surface area contributed by atoms with Crippen molar-refractivity contribution in [3.63, 3.8) is 0 Å². The zero-order valence-electron chi connectivity index (χ0n) is 16.8. The quantitative estimate of drug-likeness (QED) is 0.406. The first-order valence-electron chi connectivity index (χ1n) is 8.95. The zero-order chi connectivity index (χ0) is 22.7. The molecule has 2 aromatic carbocycles. The second-order valence-corrected chi connectivity index (χ2v) is 7.84. The van der Waals surface area contributed by atoms with Crippen LogP contribution in [0.2, 0.25) is 0 Å². The molecule has 1 amide bonds. The Bertz CT molecular complexity index is 1120. The van der Waals surface area contributed by atoms with Gasteiger partial charge in [-0.15, -0.1) is 11.3 Å². The molecule has 1 aromatic heterocycles. The topological polar surface area (TPSA) is 97.6 Å². The van der Waals surface area contributed by atoms with Gasteiger partial charge in [-0.05, 0) is 43.3 Å². The first-order chi connectivity index (χ1) is 14.7. The maximum Gasteiger partial charge on any atom is 0.387 e. The van der Waals surface area contributed by atoms with E-state index in [1.165, 1.54) is 41.7 Å². The SMILES string of the molecule is Cc1sc(NC(=O)c2ccc(N(C)C)c([N+](=O)[O-])c2)nc1-c1ccc(OC(F)F)cc1. The monoisotopic (exact) mass is 448 g/mol. The number of carbonyl (C=O) groups excluding carboxylic acids is 1. The molecule has 1 N–H and O–H groups in total. The standard InChI is InChI=1S/C20H18F2N4O4S/c1-11-17(12-4-7-14(8-5-12)30-19(21)22)23-20(31-11)24-18(27)13-6-9-15(25(2)3)16(10-13)26(28)29/h4-10,19H,1-3H3,(H,23,24,27). The number of benzene rings is 2. The van der Waals surface area contributed by atoms with Crippen LogP contribution in [0.3, 0.4) is 0 Å². The summed E-state index contributed by atoms with van der Waals surface area (Å²) in [6.45, 7) is -1.10. The minimum Gasteiger partial charge on any atom is -0.435 e. The molecule has 0 spiro atoms. The molecule has 8 nitrogen and oxygen atoms in total. The van der Waals surface area contributed by atoms with E-state index in [1.807, 2.05) is 6.92 Å². The highest BCUT2D eigenvalue weighted by molar-refractivity contribution is 7.16. The number of anilines is 2. The Balaban J connectivity index is 1.80. The van der Waals surface area contributed by atoms with Crippen LogP contribution in [0.4, 0.5) is 25.3 Å². The fourth-order valence-corrected chi connectivity index (χ4v) is 3.70. The van der Waals surface area contributed by atoms with Crippen LogP contribution in [0.25, 0.3) is 11.3 Å². The third-order valence-electron chi connectivity index (χ3n) is 4.29. The number of nitrogens with one attached hydrogen (secondary N) is 1. The van der Waals surface area contributed by atoms with Crippen molar-refractivity contribution in [2.75, 3.05) is 24.3 Å². The number of amides is 1. The molecule has 0 radical (unpaired) electrons. The van der Waals surface area contributed by atoms with Crippen LogP contribution in [-0.4, -0.2) is 36.5 Å². The molecule has 0 saturated heterocycles. The van der Waals surface area contributed by atoms with Crippen molar-refractivity contribution in [3.8, 4) is 17.0 Å². The third kappa shape index (κ3) is 5.12. The molecular formula is C20H18F2N4O4S. The fourth-order valence-electron chi connectivity index (χ4n) is 2.87. The number of rotatable bonds is 7. The van der Waals surface area contributed by atoms with Gasteiger partial charge < -0.3 is 9.64 Å². The normalized spacial score (nSPS) is 10.8. The zero-order valence-corrected chi connectivity index (χ0v) is 17.6. The highest BCUT2D eigenvalue weighted by atomic mass is 32.1. The van der Waals surface area contributed by atoms with Crippen LogP contribution < -0.4 is 15.0 Å². The number of alkyl halides is 2. The summed E-state index contributed by atoms with van der Waals surface area (Å²) in [4.78, 5) is 30.2. The van der Waals surface area contributed by atoms with Gasteiger partial charge in [-0.2, -0.15) is 8.78 Å². The van der Waals surface area contributed by atoms with Crippen molar-refractivity contribution in [3.05, 3.63) is 63.0 Å². The maximum atomic E-state index is 12.6. The Kier molecular flexibility index (Phi) is 6.44. The number of hydrogen-bond donors (Lipinski definition) is 1. The van der Waals surface area contributed by atoms with Crippen molar-refractivity contribution in [1.82, 2.24) is 4.98 Å². The molecule has 0 fully saturated rings. The van der Waals surface area contributed by atoms with Crippen molar-refractivity contribution < 1.29 is 23.2 Å². The van der Waals surface area contributed by atoms with Gasteiger partial charge in [-0.25, -0.2) is 4.98 Å². The number of ether oxygens (including phenoxy) is 1. The Morgan fingerprint density at radius 3 is 2.48 bits per heavy atom. The highest BCUT2D eigenvalue weighted by Crippen LogP contribution is 2.32. The van der Waals surface area contributed by atoms with Gasteiger partial charge in [0.15, 0.2) is 5.13 Å². The number of nitrogens with zero attached hydrogens (tertiary/aromatic N) is 3. The average molecular weight is 448 g/mol. The van der Waals surface area contributed by atoms with E-state index >= 15 is 0 Å². The van der Waals surface area contributed by atoms with E-state index in [0.717, 1.165) is 4.88 Å². The van der Waals surface area contributed by atoms with Crippen LogP contribution >= 0.6 is 11.3 Å². The van der Waals surface area contributed by atoms with E-state index in [4.69, 9.17) is 0 Å². The first-order valence-corrected chi connectivity index (χ1v) is 9.77. The number of hydrogen-bond acceptors (Lipinski definition) is 7. The number of aromatic nitrogens is 1. The Morgan fingerprint density at radius 2 is 1.90 bits per heavy atom. The van der Waals surface area contributed by atoms with Gasteiger partial charge in [0.2, 0.25) is 0 Å². The molecule has 0 aliphatic rings. The molecule has 0 saturated carbocycles. The van der Waals surface area contributed by atoms with Gasteiger partial charge in [-0.1, -0.05) is 0 Å². The lowest BCUT2D eigenvalue weighted by Gasteiger charge is -2.13. The molecule has 0 unspecified atom stereocenters. The molecule has 0 aliphatic heterocycles. The molecule has 162 valence electrons. The van der Waals surface area contributed by atoms with Gasteiger partial charge in [0.05, 0.1) is 10.6 Å². The van der Waals surface area contributed by atoms with Crippen molar-refractivity contribution in [1.29, 1.82) is 0 Å². The van der Waals surface area contributed by atoms with E-state index < -0.39 is 17.4 Å². The Morgan fingerprint density at radius 1 is 1.23 bits per heavy atom. The van der Waals surface area contributed by atoms with Crippen molar-refractivity contribution in [2.45, 2.75) is 13.5 Å². The predicted octanol–water partition coefficient (Wildman–Crippen LogP) is 4.95. The lowest BCUT2D eigenvalue weighted by Crippen LogP contribution is -2.14. The van der Waals surface area contributed by atoms with Crippen molar-refractivity contribution in [2.24, 2.45) is 0 Å². The van der Waals surface area contributed by atoms with Gasteiger partial charge >= 0.3 is 6.61 Å². The lowest BCUT2D eigenvalue weighted by atomic mass is 10.1. The minimum atomic E-state index is -2.91. The number of halogens is 2. The number of nitro benzene ring substituents is 1. The lowest BCUT2D eigenvalue weighted by molar-refractivity contribution is -0.384. The Hall–Kier alpha value is -3.60. The summed E-state index contributed by atoms with van der Waals surface area (Å²) in [5.41, 5.74) is 1.58. The van der Waals surface area contributed by atoms with E-state index in [1.54, 1.807) is 31.1 Å². The summed E-state index contributed by atoms with van der Waals surface area (Å²) < 4.78 is 28.9. The Labute approximate surface area is 180 Å². The molecule has 31 heavy (non-hydrogen) atoms. The largest absolute Gasteiger partial charge is 0.435 e. The molecule has 11 heteroatoms. The number of carbonyl (C=O) groups is 1. The third-order valence-corrected chi connectivity index (χ3v) is 5.17. The summed E-state index contributed by atoms with van der Waals surface area (Å²) in [5.74, 6) is -0.502. The fraction of sp³-hybridized carbons (Fsp3) is 0.200.